The molecular formula is C41H72NO7+. The minimum atomic E-state index is -0.884. The average molecular weight is 691 g/mol. The van der Waals surface area contributed by atoms with Gasteiger partial charge < -0.3 is 23.8 Å². The summed E-state index contributed by atoms with van der Waals surface area (Å²) in [6.07, 6.45) is 35.8. The zero-order valence-corrected chi connectivity index (χ0v) is 31.9. The molecule has 2 atom stereocenters. The Hall–Kier alpha value is -2.71. The highest BCUT2D eigenvalue weighted by molar-refractivity contribution is 5.72. The van der Waals surface area contributed by atoms with Crippen LogP contribution in [-0.4, -0.2) is 80.6 Å². The quantitative estimate of drug-likeness (QED) is 0.0317. The summed E-state index contributed by atoms with van der Waals surface area (Å²) >= 11 is 0. The maximum atomic E-state index is 12.6. The smallest absolute Gasteiger partial charge is 0.362 e. The van der Waals surface area contributed by atoms with Crippen molar-refractivity contribution in [3.05, 3.63) is 48.6 Å². The first-order valence-electron chi connectivity index (χ1n) is 19.2. The van der Waals surface area contributed by atoms with Crippen LogP contribution in [0.15, 0.2) is 48.6 Å². The number of esters is 2. The van der Waals surface area contributed by atoms with Crippen LogP contribution < -0.4 is 0 Å². The molecule has 0 saturated heterocycles. The van der Waals surface area contributed by atoms with E-state index in [1.807, 2.05) is 57.6 Å². The van der Waals surface area contributed by atoms with E-state index < -0.39 is 18.1 Å². The third-order valence-electron chi connectivity index (χ3n) is 8.34. The van der Waals surface area contributed by atoms with Gasteiger partial charge in [0, 0.05) is 19.3 Å². The lowest BCUT2D eigenvalue weighted by Gasteiger charge is -2.31. The van der Waals surface area contributed by atoms with Crippen molar-refractivity contribution in [3.63, 3.8) is 0 Å². The zero-order valence-electron chi connectivity index (χ0n) is 31.9. The molecule has 0 rings (SSSR count). The van der Waals surface area contributed by atoms with Gasteiger partial charge in [-0.05, 0) is 32.1 Å². The second kappa shape index (κ2) is 32.5. The molecule has 8 heteroatoms. The lowest BCUT2D eigenvalue weighted by atomic mass is 10.0. The summed E-state index contributed by atoms with van der Waals surface area (Å²) in [5.74, 6) is -1.52. The lowest BCUT2D eigenvalue weighted by molar-refractivity contribution is -0.887. The van der Waals surface area contributed by atoms with Crippen molar-refractivity contribution in [2.45, 2.75) is 154 Å². The summed E-state index contributed by atoms with van der Waals surface area (Å²) in [7, 11) is 5.50. The number of rotatable bonds is 33. The number of carbonyl (C=O) groups is 3. The van der Waals surface area contributed by atoms with E-state index in [1.165, 1.54) is 57.8 Å². The number of nitrogens with zero attached hydrogens (tertiary/aromatic N) is 1. The topological polar surface area (TPSA) is 99.1 Å². The molecule has 0 aromatic carbocycles. The molecule has 0 radical (unpaired) electrons. The summed E-state index contributed by atoms with van der Waals surface area (Å²) in [4.78, 5) is 36.7. The van der Waals surface area contributed by atoms with Crippen molar-refractivity contribution in [3.8, 4) is 0 Å². The van der Waals surface area contributed by atoms with Gasteiger partial charge in [0.15, 0.2) is 12.1 Å². The van der Waals surface area contributed by atoms with Crippen LogP contribution in [0.1, 0.15) is 142 Å². The Morgan fingerprint density at radius 3 is 1.69 bits per heavy atom. The Kier molecular flexibility index (Phi) is 30.7. The molecule has 1 N–H and O–H groups in total. The number of allylic oxidation sites excluding steroid dienone is 8. The van der Waals surface area contributed by atoms with Gasteiger partial charge in [-0.15, -0.1) is 0 Å². The van der Waals surface area contributed by atoms with Crippen LogP contribution in [0.3, 0.4) is 0 Å². The summed E-state index contributed by atoms with van der Waals surface area (Å²) in [5.41, 5.74) is 0. The van der Waals surface area contributed by atoms with Crippen molar-refractivity contribution < 1.29 is 38.2 Å². The lowest BCUT2D eigenvalue weighted by Crippen LogP contribution is -2.50. The summed E-state index contributed by atoms with van der Waals surface area (Å²) in [6, 6.07) is -0.620. The molecule has 0 aliphatic heterocycles. The number of carboxylic acids is 1. The van der Waals surface area contributed by atoms with E-state index in [0.29, 0.717) is 19.3 Å². The van der Waals surface area contributed by atoms with E-state index in [9.17, 15) is 19.5 Å². The van der Waals surface area contributed by atoms with Gasteiger partial charge in [0.1, 0.15) is 6.61 Å². The van der Waals surface area contributed by atoms with E-state index in [1.54, 1.807) is 0 Å². The van der Waals surface area contributed by atoms with Gasteiger partial charge in [-0.1, -0.05) is 140 Å². The molecule has 0 bridgehead atoms. The zero-order chi connectivity index (χ0) is 36.4. The van der Waals surface area contributed by atoms with Crippen LogP contribution in [0.2, 0.25) is 0 Å². The van der Waals surface area contributed by atoms with Gasteiger partial charge in [-0.3, -0.25) is 9.59 Å². The second-order valence-electron chi connectivity index (χ2n) is 13.9. The number of hydrogen-bond donors (Lipinski definition) is 1. The first-order valence-corrected chi connectivity index (χ1v) is 19.2. The third kappa shape index (κ3) is 31.0. The fourth-order valence-corrected chi connectivity index (χ4v) is 5.34. The second-order valence-corrected chi connectivity index (χ2v) is 13.9. The molecular weight excluding hydrogens is 618 g/mol. The highest BCUT2D eigenvalue weighted by atomic mass is 16.6. The van der Waals surface area contributed by atoms with Gasteiger partial charge >= 0.3 is 17.9 Å². The Morgan fingerprint density at radius 2 is 1.14 bits per heavy atom. The number of likely N-dealkylation sites (N-methyl/N-ethyl adjacent to an activating group) is 1. The molecule has 49 heavy (non-hydrogen) atoms. The maximum absolute atomic E-state index is 12.6. The van der Waals surface area contributed by atoms with Crippen molar-refractivity contribution in [1.29, 1.82) is 0 Å². The van der Waals surface area contributed by atoms with Gasteiger partial charge in [0.2, 0.25) is 0 Å². The molecule has 0 fully saturated rings. The SMILES string of the molecule is CC/C=C/C=C/C=C/C=C/CCCCCC(=O)OC(COCCC(C(=O)O)[N+](C)(C)C)COC(=O)CCCCCCCCCCCCCC. The standard InChI is InChI=1S/C41H71NO7/c1-6-8-10-12-14-16-18-20-22-24-26-28-30-32-40(44)49-37(35-47-34-33-38(41(45)46)42(3,4)5)36-48-39(43)31-29-27-25-23-21-19-17-15-13-11-9-7-2/h8,10,12,14,16,18,20,22,37-38H,6-7,9,11,13,15,17,19,21,23-36H2,1-5H3/p+1/b10-8+,14-12+,18-16+,22-20+. The van der Waals surface area contributed by atoms with Crippen LogP contribution in [-0.2, 0) is 28.6 Å². The molecule has 0 saturated carbocycles. The third-order valence-corrected chi connectivity index (χ3v) is 8.34. The monoisotopic (exact) mass is 691 g/mol. The first kappa shape index (κ1) is 46.3. The number of carboxylic acid groups (broad SMARTS) is 1. The fraction of sp³-hybridized carbons (Fsp3) is 0.732. The molecule has 0 spiro atoms. The number of unbranched alkanes of at least 4 members (excludes halogenated alkanes) is 14. The van der Waals surface area contributed by atoms with E-state index in [4.69, 9.17) is 14.2 Å². The molecule has 0 aromatic rings. The Bertz CT molecular complexity index is 948. The molecule has 0 amide bonds. The number of hydrogen-bond acceptors (Lipinski definition) is 6. The first-order chi connectivity index (χ1) is 23.6. The van der Waals surface area contributed by atoms with E-state index in [2.05, 4.69) is 26.0 Å². The van der Waals surface area contributed by atoms with Crippen molar-refractivity contribution >= 4 is 17.9 Å². The molecule has 0 aromatic heterocycles. The van der Waals surface area contributed by atoms with Crippen LogP contribution in [0.4, 0.5) is 0 Å². The van der Waals surface area contributed by atoms with Gasteiger partial charge in [-0.25, -0.2) is 4.79 Å². The average Bonchev–Trinajstić information content (AvgIpc) is 3.05. The molecule has 0 aliphatic carbocycles. The van der Waals surface area contributed by atoms with Crippen molar-refractivity contribution in [2.75, 3.05) is 41.0 Å². The van der Waals surface area contributed by atoms with Gasteiger partial charge in [0.25, 0.3) is 0 Å². The normalized spacial score (nSPS) is 13.6. The van der Waals surface area contributed by atoms with E-state index >= 15 is 0 Å². The Morgan fingerprint density at radius 1 is 0.633 bits per heavy atom. The fourth-order valence-electron chi connectivity index (χ4n) is 5.34. The number of aliphatic carboxylic acids is 1. The highest BCUT2D eigenvalue weighted by Crippen LogP contribution is 2.14. The summed E-state index contributed by atoms with van der Waals surface area (Å²) in [5, 5.41) is 9.58. The maximum Gasteiger partial charge on any atom is 0.362 e. The predicted octanol–water partition coefficient (Wildman–Crippen LogP) is 9.68. The summed E-state index contributed by atoms with van der Waals surface area (Å²) in [6.45, 7) is 4.53. The number of ether oxygens (including phenoxy) is 3. The van der Waals surface area contributed by atoms with Crippen LogP contribution in [0.5, 0.6) is 0 Å². The molecule has 0 aliphatic rings. The predicted molar refractivity (Wildman–Crippen MR) is 201 cm³/mol. The minimum Gasteiger partial charge on any atom is -0.477 e. The highest BCUT2D eigenvalue weighted by Gasteiger charge is 2.31. The van der Waals surface area contributed by atoms with Crippen LogP contribution >= 0.6 is 0 Å². The van der Waals surface area contributed by atoms with Gasteiger partial charge in [0.05, 0.1) is 34.4 Å². The molecule has 282 valence electrons. The minimum absolute atomic E-state index is 0.0451. The number of carbonyl (C=O) groups excluding carboxylic acids is 2. The van der Waals surface area contributed by atoms with Crippen LogP contribution in [0.25, 0.3) is 0 Å². The van der Waals surface area contributed by atoms with E-state index in [-0.39, 0.29) is 42.7 Å². The van der Waals surface area contributed by atoms with E-state index in [0.717, 1.165) is 44.9 Å². The van der Waals surface area contributed by atoms with Gasteiger partial charge in [-0.2, -0.15) is 0 Å². The summed E-state index contributed by atoms with van der Waals surface area (Å²) < 4.78 is 17.1. The molecule has 0 heterocycles. The number of quaternary nitrogens is 1. The molecule has 8 nitrogen and oxygen atoms in total. The Balaban J connectivity index is 4.50. The van der Waals surface area contributed by atoms with Crippen molar-refractivity contribution in [1.82, 2.24) is 0 Å². The largest absolute Gasteiger partial charge is 0.477 e. The molecule has 2 unspecified atom stereocenters. The van der Waals surface area contributed by atoms with Crippen molar-refractivity contribution in [2.24, 2.45) is 0 Å². The van der Waals surface area contributed by atoms with Crippen LogP contribution in [0, 0.1) is 0 Å². The Labute approximate surface area is 299 Å².